The van der Waals surface area contributed by atoms with Crippen molar-refractivity contribution in [1.82, 2.24) is 20.5 Å². The number of hydrogen-bond donors (Lipinski definition) is 2. The maximum Gasteiger partial charge on any atom is 0.218 e. The van der Waals surface area contributed by atoms with E-state index in [2.05, 4.69) is 41.3 Å². The van der Waals surface area contributed by atoms with Crippen LogP contribution in [0.1, 0.15) is 58.4 Å². The topological polar surface area (TPSA) is 61.8 Å². The van der Waals surface area contributed by atoms with Gasteiger partial charge in [0.15, 0.2) is 5.96 Å². The molecule has 27 heavy (non-hydrogen) atoms. The van der Waals surface area contributed by atoms with Crippen LogP contribution in [-0.4, -0.2) is 54.7 Å². The predicted molar refractivity (Wildman–Crippen MR) is 112 cm³/mol. The Morgan fingerprint density at radius 1 is 1.26 bits per heavy atom. The Labute approximate surface area is 164 Å². The minimum Gasteiger partial charge on any atom is -0.477 e. The van der Waals surface area contributed by atoms with E-state index in [-0.39, 0.29) is 0 Å². The van der Waals surface area contributed by atoms with Gasteiger partial charge in [-0.3, -0.25) is 0 Å². The molecule has 0 unspecified atom stereocenters. The van der Waals surface area contributed by atoms with Crippen LogP contribution >= 0.6 is 0 Å². The van der Waals surface area contributed by atoms with Crippen LogP contribution in [0, 0.1) is 0 Å². The molecule has 1 saturated heterocycles. The standard InChI is InChI=1S/C21H37N5O/c1-4-7-16-27-20-18(9-8-12-23-20)17-24-21(22-6-3)25-19-10-14-26(13-5-2)15-11-19/h8-9,12,19H,4-7,10-11,13-17H2,1-3H3,(H2,22,24,25). The summed E-state index contributed by atoms with van der Waals surface area (Å²) in [6.45, 7) is 12.2. The van der Waals surface area contributed by atoms with Gasteiger partial charge in [0, 0.05) is 37.4 Å². The molecule has 0 spiro atoms. The molecule has 152 valence electrons. The number of hydrogen-bond acceptors (Lipinski definition) is 4. The van der Waals surface area contributed by atoms with E-state index in [0.29, 0.717) is 25.1 Å². The van der Waals surface area contributed by atoms with Gasteiger partial charge in [0.2, 0.25) is 5.88 Å². The summed E-state index contributed by atoms with van der Waals surface area (Å²) in [6, 6.07) is 4.48. The minimum atomic E-state index is 0.491. The van der Waals surface area contributed by atoms with Gasteiger partial charge in [-0.1, -0.05) is 26.3 Å². The highest BCUT2D eigenvalue weighted by Gasteiger charge is 2.19. The second-order valence-corrected chi connectivity index (χ2v) is 7.13. The van der Waals surface area contributed by atoms with Gasteiger partial charge < -0.3 is 20.3 Å². The Balaban J connectivity index is 1.92. The summed E-state index contributed by atoms with van der Waals surface area (Å²) in [7, 11) is 0. The van der Waals surface area contributed by atoms with Gasteiger partial charge in [-0.15, -0.1) is 0 Å². The molecule has 2 heterocycles. The Kier molecular flexibility index (Phi) is 9.98. The van der Waals surface area contributed by atoms with Gasteiger partial charge in [-0.05, 0) is 45.2 Å². The van der Waals surface area contributed by atoms with Gasteiger partial charge in [0.05, 0.1) is 13.2 Å². The molecule has 1 aromatic heterocycles. The number of guanidine groups is 1. The van der Waals surface area contributed by atoms with E-state index in [1.807, 2.05) is 12.1 Å². The number of rotatable bonds is 10. The van der Waals surface area contributed by atoms with E-state index in [4.69, 9.17) is 9.73 Å². The number of likely N-dealkylation sites (tertiary alicyclic amines) is 1. The number of pyridine rings is 1. The number of piperidine rings is 1. The van der Waals surface area contributed by atoms with Crippen molar-refractivity contribution in [2.75, 3.05) is 32.8 Å². The van der Waals surface area contributed by atoms with Crippen molar-refractivity contribution in [2.45, 2.75) is 65.5 Å². The number of nitrogens with one attached hydrogen (secondary N) is 2. The Morgan fingerprint density at radius 2 is 2.07 bits per heavy atom. The summed E-state index contributed by atoms with van der Waals surface area (Å²) in [6.07, 6.45) is 7.51. The van der Waals surface area contributed by atoms with E-state index in [1.165, 1.54) is 38.9 Å². The van der Waals surface area contributed by atoms with Crippen LogP contribution in [0.4, 0.5) is 0 Å². The molecule has 1 aliphatic rings. The van der Waals surface area contributed by atoms with E-state index in [0.717, 1.165) is 30.9 Å². The normalized spacial score (nSPS) is 16.3. The van der Waals surface area contributed by atoms with Crippen molar-refractivity contribution in [3.05, 3.63) is 23.9 Å². The lowest BCUT2D eigenvalue weighted by Crippen LogP contribution is -2.48. The average molecular weight is 376 g/mol. The van der Waals surface area contributed by atoms with Crippen LogP contribution in [0.3, 0.4) is 0 Å². The lowest BCUT2D eigenvalue weighted by atomic mass is 10.1. The SMILES string of the molecule is CCCCOc1ncccc1CN=C(NCC)NC1CCN(CCC)CC1. The summed E-state index contributed by atoms with van der Waals surface area (Å²) >= 11 is 0. The molecule has 0 amide bonds. The monoisotopic (exact) mass is 375 g/mol. The molecule has 1 aromatic rings. The van der Waals surface area contributed by atoms with Crippen LogP contribution in [0.5, 0.6) is 5.88 Å². The lowest BCUT2D eigenvalue weighted by Gasteiger charge is -2.32. The molecule has 1 fully saturated rings. The first kappa shape index (κ1) is 21.5. The van der Waals surface area contributed by atoms with Crippen molar-refractivity contribution in [3.63, 3.8) is 0 Å². The van der Waals surface area contributed by atoms with Crippen molar-refractivity contribution < 1.29 is 4.74 Å². The van der Waals surface area contributed by atoms with Crippen LogP contribution < -0.4 is 15.4 Å². The Morgan fingerprint density at radius 3 is 2.78 bits per heavy atom. The molecule has 0 atom stereocenters. The smallest absolute Gasteiger partial charge is 0.218 e. The highest BCUT2D eigenvalue weighted by Crippen LogP contribution is 2.16. The fourth-order valence-electron chi connectivity index (χ4n) is 3.28. The second kappa shape index (κ2) is 12.5. The zero-order chi connectivity index (χ0) is 19.3. The quantitative estimate of drug-likeness (QED) is 0.374. The molecule has 0 radical (unpaired) electrons. The largest absolute Gasteiger partial charge is 0.477 e. The maximum absolute atomic E-state index is 5.83. The van der Waals surface area contributed by atoms with E-state index >= 15 is 0 Å². The van der Waals surface area contributed by atoms with Gasteiger partial charge in [0.25, 0.3) is 0 Å². The number of ether oxygens (including phenoxy) is 1. The third kappa shape index (κ3) is 7.75. The van der Waals surface area contributed by atoms with Gasteiger partial charge >= 0.3 is 0 Å². The molecule has 2 rings (SSSR count). The van der Waals surface area contributed by atoms with Crippen molar-refractivity contribution in [3.8, 4) is 5.88 Å². The minimum absolute atomic E-state index is 0.491. The Bertz CT molecular complexity index is 555. The molecule has 6 nitrogen and oxygen atoms in total. The van der Waals surface area contributed by atoms with Crippen LogP contribution in [0.2, 0.25) is 0 Å². The fourth-order valence-corrected chi connectivity index (χ4v) is 3.28. The van der Waals surface area contributed by atoms with Gasteiger partial charge in [-0.2, -0.15) is 0 Å². The van der Waals surface area contributed by atoms with Crippen molar-refractivity contribution in [1.29, 1.82) is 0 Å². The first-order valence-electron chi connectivity index (χ1n) is 10.6. The lowest BCUT2D eigenvalue weighted by molar-refractivity contribution is 0.206. The average Bonchev–Trinajstić information content (AvgIpc) is 2.69. The summed E-state index contributed by atoms with van der Waals surface area (Å²) in [5, 5.41) is 6.98. The summed E-state index contributed by atoms with van der Waals surface area (Å²) < 4.78 is 5.83. The molecular formula is C21H37N5O. The Hall–Kier alpha value is -1.82. The molecule has 0 bridgehead atoms. The van der Waals surface area contributed by atoms with E-state index in [9.17, 15) is 0 Å². The van der Waals surface area contributed by atoms with E-state index < -0.39 is 0 Å². The van der Waals surface area contributed by atoms with Crippen LogP contribution in [0.25, 0.3) is 0 Å². The van der Waals surface area contributed by atoms with Gasteiger partial charge in [0.1, 0.15) is 0 Å². The predicted octanol–water partition coefficient (Wildman–Crippen LogP) is 3.19. The molecule has 0 aromatic carbocycles. The third-order valence-corrected chi connectivity index (χ3v) is 4.81. The third-order valence-electron chi connectivity index (χ3n) is 4.81. The maximum atomic E-state index is 5.83. The first-order valence-corrected chi connectivity index (χ1v) is 10.6. The number of aromatic nitrogens is 1. The molecule has 0 saturated carbocycles. The zero-order valence-electron chi connectivity index (χ0n) is 17.3. The van der Waals surface area contributed by atoms with Crippen LogP contribution in [0.15, 0.2) is 23.3 Å². The number of nitrogens with zero attached hydrogens (tertiary/aromatic N) is 3. The number of aliphatic imine (C=N–C) groups is 1. The molecule has 6 heteroatoms. The summed E-state index contributed by atoms with van der Waals surface area (Å²) in [4.78, 5) is 11.7. The zero-order valence-corrected chi connectivity index (χ0v) is 17.3. The highest BCUT2D eigenvalue weighted by molar-refractivity contribution is 5.80. The first-order chi connectivity index (χ1) is 13.3. The second-order valence-electron chi connectivity index (χ2n) is 7.13. The molecule has 0 aliphatic carbocycles. The van der Waals surface area contributed by atoms with Crippen molar-refractivity contribution >= 4 is 5.96 Å². The molecule has 1 aliphatic heterocycles. The number of unbranched alkanes of at least 4 members (excludes halogenated alkanes) is 1. The summed E-state index contributed by atoms with van der Waals surface area (Å²) in [5.41, 5.74) is 1.03. The highest BCUT2D eigenvalue weighted by atomic mass is 16.5. The van der Waals surface area contributed by atoms with E-state index in [1.54, 1.807) is 6.20 Å². The van der Waals surface area contributed by atoms with Gasteiger partial charge in [-0.25, -0.2) is 9.98 Å². The van der Waals surface area contributed by atoms with Crippen LogP contribution in [-0.2, 0) is 6.54 Å². The van der Waals surface area contributed by atoms with Crippen molar-refractivity contribution in [2.24, 2.45) is 4.99 Å². The summed E-state index contributed by atoms with van der Waals surface area (Å²) in [5.74, 6) is 1.59. The fraction of sp³-hybridized carbons (Fsp3) is 0.714. The molecule has 2 N–H and O–H groups in total. The molecular weight excluding hydrogens is 338 g/mol.